The lowest BCUT2D eigenvalue weighted by Crippen LogP contribution is -2.45. The van der Waals surface area contributed by atoms with Crippen LogP contribution in [0, 0.1) is 5.92 Å². The molecule has 0 unspecified atom stereocenters. The van der Waals surface area contributed by atoms with E-state index in [1.165, 1.54) is 4.31 Å². The van der Waals surface area contributed by atoms with Crippen LogP contribution < -0.4 is 5.32 Å². The van der Waals surface area contributed by atoms with Crippen LogP contribution in [-0.2, 0) is 26.1 Å². The predicted molar refractivity (Wildman–Crippen MR) is 109 cm³/mol. The maximum Gasteiger partial charge on any atom is 0.243 e. The average molecular weight is 424 g/mol. The summed E-state index contributed by atoms with van der Waals surface area (Å²) >= 11 is 0. The zero-order valence-corrected chi connectivity index (χ0v) is 17.8. The topological polar surface area (TPSA) is 106 Å². The lowest BCUT2D eigenvalue weighted by atomic mass is 9.99. The SMILES string of the molecule is CCCCNC(=O)[C@H]1CCCN(S(=O)(=O)c2ccc3c(c2)nnn3CCOC)C1. The largest absolute Gasteiger partial charge is 0.383 e. The van der Waals surface area contributed by atoms with Crippen molar-refractivity contribution in [3.8, 4) is 0 Å². The molecule has 1 amide bonds. The Hall–Kier alpha value is -2.04. The van der Waals surface area contributed by atoms with Gasteiger partial charge in [-0.25, -0.2) is 13.1 Å². The number of methoxy groups -OCH3 is 1. The van der Waals surface area contributed by atoms with E-state index in [4.69, 9.17) is 4.74 Å². The van der Waals surface area contributed by atoms with Crippen LogP contribution in [0.4, 0.5) is 0 Å². The molecule has 1 aromatic carbocycles. The predicted octanol–water partition coefficient (Wildman–Crippen LogP) is 1.39. The number of sulfonamides is 1. The lowest BCUT2D eigenvalue weighted by Gasteiger charge is -2.31. The highest BCUT2D eigenvalue weighted by Crippen LogP contribution is 2.26. The van der Waals surface area contributed by atoms with Gasteiger partial charge in [-0.2, -0.15) is 4.31 Å². The van der Waals surface area contributed by atoms with Crippen LogP contribution >= 0.6 is 0 Å². The summed E-state index contributed by atoms with van der Waals surface area (Å²) in [5.74, 6) is -0.371. The average Bonchev–Trinajstić information content (AvgIpc) is 3.14. The van der Waals surface area contributed by atoms with Crippen molar-refractivity contribution in [1.29, 1.82) is 0 Å². The van der Waals surface area contributed by atoms with Crippen molar-refractivity contribution in [2.24, 2.45) is 5.92 Å². The number of amides is 1. The fourth-order valence-corrected chi connectivity index (χ4v) is 5.06. The standard InChI is InChI=1S/C19H29N5O4S/c1-3-4-9-20-19(25)15-6-5-10-23(14-15)29(26,27)16-7-8-18-17(13-16)21-22-24(18)11-12-28-2/h7-8,13,15H,3-6,9-12,14H2,1-2H3,(H,20,25)/t15-/m0/s1. The first-order valence-corrected chi connectivity index (χ1v) is 11.5. The molecule has 2 aromatic rings. The second kappa shape index (κ2) is 9.64. The first-order chi connectivity index (χ1) is 14.0. The van der Waals surface area contributed by atoms with E-state index < -0.39 is 10.0 Å². The molecule has 1 N–H and O–H groups in total. The lowest BCUT2D eigenvalue weighted by molar-refractivity contribution is -0.126. The smallest absolute Gasteiger partial charge is 0.243 e. The number of nitrogens with zero attached hydrogens (tertiary/aromatic N) is 4. The quantitative estimate of drug-likeness (QED) is 0.611. The first-order valence-electron chi connectivity index (χ1n) is 10.1. The van der Waals surface area contributed by atoms with E-state index in [2.05, 4.69) is 22.6 Å². The number of benzene rings is 1. The van der Waals surface area contributed by atoms with Crippen LogP contribution in [0.3, 0.4) is 0 Å². The van der Waals surface area contributed by atoms with Gasteiger partial charge in [-0.05, 0) is 37.5 Å². The van der Waals surface area contributed by atoms with Crippen LogP contribution in [0.15, 0.2) is 23.1 Å². The minimum absolute atomic E-state index is 0.0603. The van der Waals surface area contributed by atoms with Gasteiger partial charge in [-0.15, -0.1) is 5.10 Å². The van der Waals surface area contributed by atoms with Crippen molar-refractivity contribution < 1.29 is 17.9 Å². The van der Waals surface area contributed by atoms with Gasteiger partial charge in [0.15, 0.2) is 0 Å². The number of fused-ring (bicyclic) bond motifs is 1. The minimum atomic E-state index is -3.70. The number of nitrogens with one attached hydrogen (secondary N) is 1. The van der Waals surface area contributed by atoms with Crippen LogP contribution in [0.25, 0.3) is 11.0 Å². The molecule has 1 fully saturated rings. The van der Waals surface area contributed by atoms with Crippen LogP contribution in [0.1, 0.15) is 32.6 Å². The monoisotopic (exact) mass is 423 g/mol. The molecule has 3 rings (SSSR count). The molecule has 1 aliphatic rings. The Morgan fingerprint density at radius 3 is 2.97 bits per heavy atom. The van der Waals surface area contributed by atoms with E-state index in [1.807, 2.05) is 0 Å². The van der Waals surface area contributed by atoms with Gasteiger partial charge in [0.1, 0.15) is 5.52 Å². The molecule has 1 atom stereocenters. The highest BCUT2D eigenvalue weighted by atomic mass is 32.2. The van der Waals surface area contributed by atoms with Crippen molar-refractivity contribution in [2.75, 3.05) is 33.4 Å². The number of unbranched alkanes of at least 4 members (excludes halogenated alkanes) is 1. The second-order valence-corrected chi connectivity index (χ2v) is 9.24. The number of hydrogen-bond donors (Lipinski definition) is 1. The van der Waals surface area contributed by atoms with Gasteiger partial charge in [-0.1, -0.05) is 18.6 Å². The van der Waals surface area contributed by atoms with Crippen molar-refractivity contribution in [3.05, 3.63) is 18.2 Å². The Kier molecular flexibility index (Phi) is 7.20. The Bertz CT molecular complexity index is 943. The number of aromatic nitrogens is 3. The number of carbonyl (C=O) groups excluding carboxylic acids is 1. The summed E-state index contributed by atoms with van der Waals surface area (Å²) < 4.78 is 34.5. The molecule has 0 radical (unpaired) electrons. The molecule has 2 heterocycles. The Morgan fingerprint density at radius 2 is 2.21 bits per heavy atom. The van der Waals surface area contributed by atoms with E-state index in [0.717, 1.165) is 18.4 Å². The van der Waals surface area contributed by atoms with Gasteiger partial charge in [0.25, 0.3) is 0 Å². The number of piperidine rings is 1. The zero-order valence-electron chi connectivity index (χ0n) is 17.0. The summed E-state index contributed by atoms with van der Waals surface area (Å²) in [6.07, 6.45) is 3.30. The first kappa shape index (κ1) is 21.7. The van der Waals surface area contributed by atoms with Crippen molar-refractivity contribution in [3.63, 3.8) is 0 Å². The summed E-state index contributed by atoms with van der Waals surface area (Å²) in [5, 5.41) is 11.1. The molecule has 1 saturated heterocycles. The van der Waals surface area contributed by atoms with Crippen molar-refractivity contribution in [2.45, 2.75) is 44.0 Å². The summed E-state index contributed by atoms with van der Waals surface area (Å²) in [7, 11) is -2.09. The van der Waals surface area contributed by atoms with E-state index in [9.17, 15) is 13.2 Å². The van der Waals surface area contributed by atoms with Crippen LogP contribution in [0.5, 0.6) is 0 Å². The summed E-state index contributed by atoms with van der Waals surface area (Å²) in [4.78, 5) is 12.6. The van der Waals surface area contributed by atoms with Crippen LogP contribution in [-0.4, -0.2) is 67.0 Å². The third kappa shape index (κ3) is 4.93. The van der Waals surface area contributed by atoms with Gasteiger partial charge in [-0.3, -0.25) is 4.79 Å². The van der Waals surface area contributed by atoms with E-state index >= 15 is 0 Å². The molecule has 10 heteroatoms. The molecular weight excluding hydrogens is 394 g/mol. The molecular formula is C19H29N5O4S. The zero-order chi connectivity index (χ0) is 20.9. The fraction of sp³-hybridized carbons (Fsp3) is 0.632. The maximum absolute atomic E-state index is 13.2. The third-order valence-corrected chi connectivity index (χ3v) is 7.08. The molecule has 1 aliphatic heterocycles. The third-order valence-electron chi connectivity index (χ3n) is 5.21. The van der Waals surface area contributed by atoms with Gasteiger partial charge >= 0.3 is 0 Å². The molecule has 1 aromatic heterocycles. The summed E-state index contributed by atoms with van der Waals surface area (Å²) in [6, 6.07) is 4.85. The minimum Gasteiger partial charge on any atom is -0.383 e. The highest BCUT2D eigenvalue weighted by molar-refractivity contribution is 7.89. The molecule has 160 valence electrons. The normalized spacial score (nSPS) is 18.2. The molecule has 29 heavy (non-hydrogen) atoms. The van der Waals surface area contributed by atoms with E-state index in [0.29, 0.717) is 44.6 Å². The number of ether oxygens (including phenoxy) is 1. The second-order valence-electron chi connectivity index (χ2n) is 7.30. The molecule has 0 aliphatic carbocycles. The van der Waals surface area contributed by atoms with Gasteiger partial charge in [0, 0.05) is 26.7 Å². The van der Waals surface area contributed by atoms with Gasteiger partial charge in [0.2, 0.25) is 15.9 Å². The van der Waals surface area contributed by atoms with E-state index in [-0.39, 0.29) is 23.3 Å². The Balaban J connectivity index is 1.74. The Labute approximate surface area is 171 Å². The van der Waals surface area contributed by atoms with Crippen molar-refractivity contribution >= 4 is 27.0 Å². The van der Waals surface area contributed by atoms with Crippen LogP contribution in [0.2, 0.25) is 0 Å². The molecule has 0 saturated carbocycles. The van der Waals surface area contributed by atoms with Gasteiger partial charge < -0.3 is 10.1 Å². The summed E-state index contributed by atoms with van der Waals surface area (Å²) in [5.41, 5.74) is 1.28. The summed E-state index contributed by atoms with van der Waals surface area (Å²) in [6.45, 7) is 4.36. The molecule has 9 nitrogen and oxygen atoms in total. The number of rotatable bonds is 9. The maximum atomic E-state index is 13.2. The fourth-order valence-electron chi connectivity index (χ4n) is 3.51. The molecule has 0 spiro atoms. The van der Waals surface area contributed by atoms with E-state index in [1.54, 1.807) is 30.0 Å². The molecule has 0 bridgehead atoms. The highest BCUT2D eigenvalue weighted by Gasteiger charge is 2.33. The number of carbonyl (C=O) groups is 1. The van der Waals surface area contributed by atoms with Gasteiger partial charge in [0.05, 0.1) is 29.5 Å². The van der Waals surface area contributed by atoms with Crippen molar-refractivity contribution in [1.82, 2.24) is 24.6 Å². The Morgan fingerprint density at radius 1 is 1.38 bits per heavy atom. The number of hydrogen-bond acceptors (Lipinski definition) is 6.